The molecule has 0 aliphatic rings. The molecule has 3 nitrogen and oxygen atoms in total. The minimum Gasteiger partial charge on any atom is -0.383 e. The summed E-state index contributed by atoms with van der Waals surface area (Å²) in [7, 11) is 3.79. The van der Waals surface area contributed by atoms with E-state index in [-0.39, 0.29) is 0 Å². The molecule has 0 aliphatic heterocycles. The molecule has 0 aromatic heterocycles. The highest BCUT2D eigenvalue weighted by Gasteiger charge is 2.23. The molecule has 98 valence electrons. The number of hydrogen-bond donors (Lipinski definition) is 1. The van der Waals surface area contributed by atoms with Crippen molar-refractivity contribution in [1.82, 2.24) is 10.2 Å². The van der Waals surface area contributed by atoms with E-state index in [0.717, 1.165) is 26.2 Å². The predicted molar refractivity (Wildman–Crippen MR) is 70.9 cm³/mol. The molecule has 16 heavy (non-hydrogen) atoms. The van der Waals surface area contributed by atoms with Gasteiger partial charge in [-0.3, -0.25) is 4.90 Å². The second kappa shape index (κ2) is 8.04. The first kappa shape index (κ1) is 15.9. The van der Waals surface area contributed by atoms with Crippen LogP contribution in [-0.4, -0.2) is 51.3 Å². The molecule has 0 heterocycles. The van der Waals surface area contributed by atoms with Crippen molar-refractivity contribution in [2.75, 3.05) is 40.4 Å². The van der Waals surface area contributed by atoms with E-state index in [4.69, 9.17) is 4.74 Å². The van der Waals surface area contributed by atoms with Gasteiger partial charge in [0.25, 0.3) is 0 Å². The van der Waals surface area contributed by atoms with Crippen LogP contribution in [-0.2, 0) is 4.74 Å². The van der Waals surface area contributed by atoms with Crippen molar-refractivity contribution in [2.24, 2.45) is 5.41 Å². The van der Waals surface area contributed by atoms with E-state index in [2.05, 4.69) is 37.9 Å². The molecule has 0 aliphatic carbocycles. The third-order valence-electron chi connectivity index (χ3n) is 3.08. The first-order chi connectivity index (χ1) is 7.46. The van der Waals surface area contributed by atoms with Crippen molar-refractivity contribution in [3.05, 3.63) is 0 Å². The number of nitrogens with one attached hydrogen (secondary N) is 1. The zero-order chi connectivity index (χ0) is 12.6. The number of ether oxygens (including phenoxy) is 1. The maximum absolute atomic E-state index is 5.18. The van der Waals surface area contributed by atoms with Crippen molar-refractivity contribution in [3.63, 3.8) is 0 Å². The summed E-state index contributed by atoms with van der Waals surface area (Å²) in [4.78, 5) is 2.53. The molecule has 0 amide bonds. The fourth-order valence-corrected chi connectivity index (χ4v) is 2.01. The van der Waals surface area contributed by atoms with Gasteiger partial charge >= 0.3 is 0 Å². The average Bonchev–Trinajstić information content (AvgIpc) is 2.22. The lowest BCUT2D eigenvalue weighted by Gasteiger charge is -2.36. The van der Waals surface area contributed by atoms with Crippen LogP contribution >= 0.6 is 0 Å². The van der Waals surface area contributed by atoms with Crippen LogP contribution in [0.1, 0.15) is 34.1 Å². The average molecular weight is 230 g/mol. The Morgan fingerprint density at radius 2 is 2.00 bits per heavy atom. The molecular weight excluding hydrogens is 200 g/mol. The summed E-state index contributed by atoms with van der Waals surface area (Å²) < 4.78 is 5.18. The van der Waals surface area contributed by atoms with E-state index < -0.39 is 0 Å². The Balaban J connectivity index is 4.28. The van der Waals surface area contributed by atoms with E-state index in [1.807, 2.05) is 7.05 Å². The van der Waals surface area contributed by atoms with Crippen molar-refractivity contribution in [2.45, 2.75) is 40.2 Å². The lowest BCUT2D eigenvalue weighted by atomic mass is 9.92. The van der Waals surface area contributed by atoms with Crippen molar-refractivity contribution in [3.8, 4) is 0 Å². The van der Waals surface area contributed by atoms with Gasteiger partial charge in [0.05, 0.1) is 6.61 Å². The lowest BCUT2D eigenvalue weighted by molar-refractivity contribution is 0.0897. The Morgan fingerprint density at radius 3 is 2.44 bits per heavy atom. The van der Waals surface area contributed by atoms with Gasteiger partial charge in [0.2, 0.25) is 0 Å². The maximum atomic E-state index is 5.18. The normalized spacial score (nSPS) is 14.4. The van der Waals surface area contributed by atoms with Crippen LogP contribution in [0.4, 0.5) is 0 Å². The smallest absolute Gasteiger partial charge is 0.0589 e. The summed E-state index contributed by atoms with van der Waals surface area (Å²) in [6.07, 6.45) is 1.19. The van der Waals surface area contributed by atoms with Crippen molar-refractivity contribution < 1.29 is 4.74 Å². The largest absolute Gasteiger partial charge is 0.383 e. The summed E-state index contributed by atoms with van der Waals surface area (Å²) in [6, 6.07) is 0.631. The van der Waals surface area contributed by atoms with Crippen molar-refractivity contribution >= 4 is 0 Å². The molecule has 0 saturated carbocycles. The summed E-state index contributed by atoms with van der Waals surface area (Å²) in [5, 5.41) is 3.27. The highest BCUT2D eigenvalue weighted by Crippen LogP contribution is 2.18. The van der Waals surface area contributed by atoms with E-state index in [0.29, 0.717) is 11.5 Å². The lowest BCUT2D eigenvalue weighted by Crippen LogP contribution is -2.44. The van der Waals surface area contributed by atoms with Gasteiger partial charge in [-0.2, -0.15) is 0 Å². The second-order valence-corrected chi connectivity index (χ2v) is 5.42. The molecule has 0 spiro atoms. The Kier molecular flexibility index (Phi) is 7.98. The number of methoxy groups -OCH3 is 1. The van der Waals surface area contributed by atoms with Gasteiger partial charge in [0, 0.05) is 32.8 Å². The monoisotopic (exact) mass is 230 g/mol. The summed E-state index contributed by atoms with van der Waals surface area (Å²) in [6.45, 7) is 13.2. The summed E-state index contributed by atoms with van der Waals surface area (Å²) in [5.41, 5.74) is 0.311. The van der Waals surface area contributed by atoms with E-state index in [1.165, 1.54) is 6.42 Å². The molecular formula is C13H30N2O. The zero-order valence-electron chi connectivity index (χ0n) is 12.0. The van der Waals surface area contributed by atoms with Gasteiger partial charge in [-0.25, -0.2) is 0 Å². The van der Waals surface area contributed by atoms with Crippen LogP contribution in [0.15, 0.2) is 0 Å². The van der Waals surface area contributed by atoms with Gasteiger partial charge in [-0.05, 0) is 25.8 Å². The van der Waals surface area contributed by atoms with Crippen LogP contribution in [0.25, 0.3) is 0 Å². The number of nitrogens with zero attached hydrogens (tertiary/aromatic N) is 1. The quantitative estimate of drug-likeness (QED) is 0.655. The third-order valence-corrected chi connectivity index (χ3v) is 3.08. The molecule has 0 rings (SSSR count). The minimum atomic E-state index is 0.311. The van der Waals surface area contributed by atoms with Gasteiger partial charge in [-0.15, -0.1) is 0 Å². The Morgan fingerprint density at radius 1 is 1.38 bits per heavy atom. The number of rotatable bonds is 9. The van der Waals surface area contributed by atoms with E-state index in [9.17, 15) is 0 Å². The standard InChI is InChI=1S/C13H30N2O/c1-7-12(2)15(8-9-16-6)11-13(3,4)10-14-5/h12,14H,7-11H2,1-6H3. The predicted octanol–water partition coefficient (Wildman–Crippen LogP) is 1.98. The van der Waals surface area contributed by atoms with E-state index in [1.54, 1.807) is 7.11 Å². The molecule has 0 saturated heterocycles. The molecule has 1 N–H and O–H groups in total. The van der Waals surface area contributed by atoms with Crippen LogP contribution in [0.3, 0.4) is 0 Å². The Bertz CT molecular complexity index is 171. The molecule has 0 bridgehead atoms. The first-order valence-corrected chi connectivity index (χ1v) is 6.34. The molecule has 0 aromatic rings. The molecule has 1 unspecified atom stereocenters. The maximum Gasteiger partial charge on any atom is 0.0589 e. The first-order valence-electron chi connectivity index (χ1n) is 6.34. The van der Waals surface area contributed by atoms with Crippen LogP contribution in [0, 0.1) is 5.41 Å². The second-order valence-electron chi connectivity index (χ2n) is 5.42. The highest BCUT2D eigenvalue weighted by atomic mass is 16.5. The Labute approximate surface area is 102 Å². The van der Waals surface area contributed by atoms with Gasteiger partial charge in [-0.1, -0.05) is 20.8 Å². The Hall–Kier alpha value is -0.120. The molecule has 0 radical (unpaired) electrons. The fraction of sp³-hybridized carbons (Fsp3) is 1.00. The summed E-state index contributed by atoms with van der Waals surface area (Å²) >= 11 is 0. The summed E-state index contributed by atoms with van der Waals surface area (Å²) in [5.74, 6) is 0. The third kappa shape index (κ3) is 6.46. The van der Waals surface area contributed by atoms with Crippen molar-refractivity contribution in [1.29, 1.82) is 0 Å². The van der Waals surface area contributed by atoms with Crippen LogP contribution in [0.2, 0.25) is 0 Å². The van der Waals surface area contributed by atoms with Crippen LogP contribution in [0.5, 0.6) is 0 Å². The molecule has 1 atom stereocenters. The van der Waals surface area contributed by atoms with E-state index >= 15 is 0 Å². The van der Waals surface area contributed by atoms with Gasteiger partial charge < -0.3 is 10.1 Å². The molecule has 0 fully saturated rings. The topological polar surface area (TPSA) is 24.5 Å². The minimum absolute atomic E-state index is 0.311. The van der Waals surface area contributed by atoms with Crippen LogP contribution < -0.4 is 5.32 Å². The SMILES string of the molecule is CCC(C)N(CCOC)CC(C)(C)CNC. The fourth-order valence-electron chi connectivity index (χ4n) is 2.01. The van der Waals surface area contributed by atoms with Gasteiger partial charge in [0.1, 0.15) is 0 Å². The number of hydrogen-bond acceptors (Lipinski definition) is 3. The zero-order valence-corrected chi connectivity index (χ0v) is 12.0. The molecule has 0 aromatic carbocycles. The molecule has 3 heteroatoms. The highest BCUT2D eigenvalue weighted by molar-refractivity contribution is 4.78. The van der Waals surface area contributed by atoms with Gasteiger partial charge in [0.15, 0.2) is 0 Å².